The topological polar surface area (TPSA) is 61.7 Å². The second-order valence-corrected chi connectivity index (χ2v) is 4.31. The van der Waals surface area contributed by atoms with Crippen LogP contribution in [0.25, 0.3) is 0 Å². The summed E-state index contributed by atoms with van der Waals surface area (Å²) < 4.78 is 5.82. The highest BCUT2D eigenvalue weighted by molar-refractivity contribution is 9.10. The highest BCUT2D eigenvalue weighted by Crippen LogP contribution is 2.29. The van der Waals surface area contributed by atoms with E-state index in [9.17, 15) is 10.2 Å². The normalized spacial score (nSPS) is 14.6. The van der Waals surface area contributed by atoms with Crippen LogP contribution in [0.4, 0.5) is 0 Å². The first-order valence-electron chi connectivity index (χ1n) is 4.94. The lowest BCUT2D eigenvalue weighted by Crippen LogP contribution is -2.29. The van der Waals surface area contributed by atoms with Gasteiger partial charge in [0.05, 0.1) is 13.2 Å². The zero-order valence-electron chi connectivity index (χ0n) is 9.27. The van der Waals surface area contributed by atoms with Crippen LogP contribution in [0, 0.1) is 0 Å². The molecule has 4 nitrogen and oxygen atoms in total. The van der Waals surface area contributed by atoms with Crippen molar-refractivity contribution in [1.29, 1.82) is 0 Å². The molecule has 0 saturated heterocycles. The first kappa shape index (κ1) is 13.4. The van der Waals surface area contributed by atoms with Crippen molar-refractivity contribution < 1.29 is 14.9 Å². The lowest BCUT2D eigenvalue weighted by molar-refractivity contribution is 0.0197. The summed E-state index contributed by atoms with van der Waals surface area (Å²) in [7, 11) is 3.28. The Bertz CT molecular complexity index is 346. The van der Waals surface area contributed by atoms with Gasteiger partial charge in [-0.2, -0.15) is 0 Å². The third-order valence-corrected chi connectivity index (χ3v) is 3.02. The van der Waals surface area contributed by atoms with Gasteiger partial charge in [-0.3, -0.25) is 0 Å². The van der Waals surface area contributed by atoms with Gasteiger partial charge in [0, 0.05) is 16.6 Å². The molecule has 0 aromatic heterocycles. The Morgan fingerprint density at radius 3 is 2.69 bits per heavy atom. The number of ether oxygens (including phenoxy) is 1. The van der Waals surface area contributed by atoms with Crippen molar-refractivity contribution in [2.24, 2.45) is 0 Å². The van der Waals surface area contributed by atoms with Gasteiger partial charge < -0.3 is 20.3 Å². The van der Waals surface area contributed by atoms with Crippen molar-refractivity contribution in [1.82, 2.24) is 5.32 Å². The summed E-state index contributed by atoms with van der Waals surface area (Å²) in [5.74, 6) is 0.647. The van der Waals surface area contributed by atoms with E-state index in [2.05, 4.69) is 21.2 Å². The third-order valence-electron chi connectivity index (χ3n) is 2.30. The Morgan fingerprint density at radius 2 is 2.12 bits per heavy atom. The number of hydrogen-bond acceptors (Lipinski definition) is 4. The third kappa shape index (κ3) is 3.18. The van der Waals surface area contributed by atoms with Crippen LogP contribution < -0.4 is 10.1 Å². The molecule has 1 rings (SSSR count). The summed E-state index contributed by atoms with van der Waals surface area (Å²) in [6.07, 6.45) is -1.80. The van der Waals surface area contributed by atoms with E-state index in [1.807, 2.05) is 0 Å². The molecular weight excluding hydrogens is 274 g/mol. The van der Waals surface area contributed by atoms with Crippen LogP contribution in [-0.4, -0.2) is 37.0 Å². The molecule has 0 amide bonds. The van der Waals surface area contributed by atoms with Crippen molar-refractivity contribution >= 4 is 15.9 Å². The van der Waals surface area contributed by atoms with Crippen LogP contribution in [0.5, 0.6) is 5.75 Å². The molecule has 1 aromatic rings. The van der Waals surface area contributed by atoms with Crippen LogP contribution >= 0.6 is 15.9 Å². The van der Waals surface area contributed by atoms with Gasteiger partial charge in [-0.05, 0) is 25.2 Å². The molecule has 0 aliphatic heterocycles. The molecule has 0 fully saturated rings. The van der Waals surface area contributed by atoms with E-state index in [4.69, 9.17) is 4.74 Å². The van der Waals surface area contributed by atoms with Crippen molar-refractivity contribution in [3.8, 4) is 5.75 Å². The van der Waals surface area contributed by atoms with Crippen LogP contribution in [-0.2, 0) is 0 Å². The number of nitrogens with one attached hydrogen (secondary N) is 1. The van der Waals surface area contributed by atoms with Crippen LogP contribution in [0.15, 0.2) is 22.7 Å². The largest absolute Gasteiger partial charge is 0.497 e. The lowest BCUT2D eigenvalue weighted by atomic mass is 10.0. The Morgan fingerprint density at radius 1 is 1.44 bits per heavy atom. The molecule has 0 heterocycles. The average molecular weight is 290 g/mol. The number of benzene rings is 1. The molecule has 0 saturated carbocycles. The number of methoxy groups -OCH3 is 1. The Balaban J connectivity index is 2.92. The zero-order chi connectivity index (χ0) is 12.1. The van der Waals surface area contributed by atoms with Gasteiger partial charge in [0.15, 0.2) is 0 Å². The predicted octanol–water partition coefficient (Wildman–Crippen LogP) is 1.07. The number of halogens is 1. The van der Waals surface area contributed by atoms with Gasteiger partial charge in [0.25, 0.3) is 0 Å². The molecule has 0 aliphatic carbocycles. The fourth-order valence-electron chi connectivity index (χ4n) is 1.40. The smallest absolute Gasteiger partial charge is 0.119 e. The number of aliphatic hydroxyl groups excluding tert-OH is 2. The van der Waals surface area contributed by atoms with Crippen LogP contribution in [0.1, 0.15) is 11.7 Å². The highest BCUT2D eigenvalue weighted by atomic mass is 79.9. The maximum Gasteiger partial charge on any atom is 0.119 e. The SMILES string of the molecule is CNCC(O)C(O)c1cc(OC)ccc1Br. The Kier molecular flexibility index (Phi) is 5.21. The molecule has 2 unspecified atom stereocenters. The summed E-state index contributed by atoms with van der Waals surface area (Å²) >= 11 is 3.33. The molecule has 0 bridgehead atoms. The fraction of sp³-hybridized carbons (Fsp3) is 0.455. The molecule has 1 aromatic carbocycles. The first-order valence-corrected chi connectivity index (χ1v) is 5.73. The van der Waals surface area contributed by atoms with Gasteiger partial charge in [0.2, 0.25) is 0 Å². The van der Waals surface area contributed by atoms with E-state index in [1.54, 1.807) is 32.4 Å². The minimum Gasteiger partial charge on any atom is -0.497 e. The number of hydrogen-bond donors (Lipinski definition) is 3. The fourth-order valence-corrected chi connectivity index (χ4v) is 1.88. The average Bonchev–Trinajstić information content (AvgIpc) is 2.29. The molecule has 3 N–H and O–H groups in total. The molecule has 0 spiro atoms. The maximum absolute atomic E-state index is 9.95. The van der Waals surface area contributed by atoms with Crippen molar-refractivity contribution in [3.05, 3.63) is 28.2 Å². The summed E-state index contributed by atoms with van der Waals surface area (Å²) in [5.41, 5.74) is 0.613. The van der Waals surface area contributed by atoms with Crippen molar-refractivity contribution in [3.63, 3.8) is 0 Å². The van der Waals surface area contributed by atoms with Gasteiger partial charge in [0.1, 0.15) is 11.9 Å². The van der Waals surface area contributed by atoms with Gasteiger partial charge in [-0.15, -0.1) is 0 Å². The summed E-state index contributed by atoms with van der Waals surface area (Å²) in [6, 6.07) is 5.27. The van der Waals surface area contributed by atoms with E-state index in [-0.39, 0.29) is 0 Å². The summed E-state index contributed by atoms with van der Waals surface area (Å²) in [6.45, 7) is 0.324. The second kappa shape index (κ2) is 6.20. The van der Waals surface area contributed by atoms with E-state index >= 15 is 0 Å². The maximum atomic E-state index is 9.95. The lowest BCUT2D eigenvalue weighted by Gasteiger charge is -2.19. The highest BCUT2D eigenvalue weighted by Gasteiger charge is 2.20. The monoisotopic (exact) mass is 289 g/mol. The van der Waals surface area contributed by atoms with Gasteiger partial charge >= 0.3 is 0 Å². The van der Waals surface area contributed by atoms with Crippen molar-refractivity contribution in [2.45, 2.75) is 12.2 Å². The van der Waals surface area contributed by atoms with Gasteiger partial charge in [-0.25, -0.2) is 0 Å². The van der Waals surface area contributed by atoms with Crippen LogP contribution in [0.2, 0.25) is 0 Å². The predicted molar refractivity (Wildman–Crippen MR) is 65.6 cm³/mol. The minimum absolute atomic E-state index is 0.324. The second-order valence-electron chi connectivity index (χ2n) is 3.46. The minimum atomic E-state index is -0.947. The Labute approximate surface area is 103 Å². The van der Waals surface area contributed by atoms with Crippen molar-refractivity contribution in [2.75, 3.05) is 20.7 Å². The first-order chi connectivity index (χ1) is 7.60. The van der Waals surface area contributed by atoms with E-state index in [1.165, 1.54) is 0 Å². The van der Waals surface area contributed by atoms with Crippen LogP contribution in [0.3, 0.4) is 0 Å². The number of aliphatic hydroxyl groups is 2. The molecule has 0 aliphatic rings. The Hall–Kier alpha value is -0.620. The quantitative estimate of drug-likeness (QED) is 0.759. The van der Waals surface area contributed by atoms with E-state index < -0.39 is 12.2 Å². The number of likely N-dealkylation sites (N-methyl/N-ethyl adjacent to an activating group) is 1. The van der Waals surface area contributed by atoms with Gasteiger partial charge in [-0.1, -0.05) is 15.9 Å². The standard InChI is InChI=1S/C11H16BrNO3/c1-13-6-10(14)11(15)8-5-7(16-2)3-4-9(8)12/h3-5,10-11,13-15H,6H2,1-2H3. The van der Waals surface area contributed by atoms with E-state index in [0.29, 0.717) is 17.9 Å². The molecular formula is C11H16BrNO3. The zero-order valence-corrected chi connectivity index (χ0v) is 10.9. The summed E-state index contributed by atoms with van der Waals surface area (Å²) in [4.78, 5) is 0. The molecule has 16 heavy (non-hydrogen) atoms. The summed E-state index contributed by atoms with van der Waals surface area (Å²) in [5, 5.41) is 22.4. The number of rotatable bonds is 5. The molecule has 90 valence electrons. The molecule has 5 heteroatoms. The molecule has 0 radical (unpaired) electrons. The van der Waals surface area contributed by atoms with E-state index in [0.717, 1.165) is 4.47 Å². The molecule has 2 atom stereocenters.